The zero-order chi connectivity index (χ0) is 22.6. The predicted molar refractivity (Wildman–Crippen MR) is 117 cm³/mol. The van der Waals surface area contributed by atoms with Crippen LogP contribution in [0.25, 0.3) is 0 Å². The summed E-state index contributed by atoms with van der Waals surface area (Å²) in [5.41, 5.74) is -0.770. The van der Waals surface area contributed by atoms with Crippen molar-refractivity contribution in [2.24, 2.45) is 0 Å². The number of hydrogen-bond donors (Lipinski definition) is 0. The van der Waals surface area contributed by atoms with E-state index < -0.39 is 11.7 Å². The molecule has 1 aromatic carbocycles. The second-order valence-electron chi connectivity index (χ2n) is 6.73. The lowest BCUT2D eigenvalue weighted by atomic mass is 10.1. The van der Waals surface area contributed by atoms with Crippen LogP contribution in [0.4, 0.5) is 19.0 Å². The van der Waals surface area contributed by atoms with Crippen molar-refractivity contribution in [3.63, 3.8) is 0 Å². The third kappa shape index (κ3) is 6.72. The Morgan fingerprint density at radius 1 is 1.13 bits per heavy atom. The van der Waals surface area contributed by atoms with Gasteiger partial charge in [-0.15, -0.1) is 0 Å². The first-order chi connectivity index (χ1) is 14.6. The largest absolute Gasteiger partial charge is 0.489 e. The number of piperidine rings is 1. The molecule has 0 aliphatic carbocycles. The monoisotopic (exact) mass is 514 g/mol. The van der Waals surface area contributed by atoms with E-state index in [1.807, 2.05) is 4.90 Å². The second kappa shape index (κ2) is 10.4. The van der Waals surface area contributed by atoms with Gasteiger partial charge in [-0.25, -0.2) is 4.98 Å². The molecule has 0 spiro atoms. The summed E-state index contributed by atoms with van der Waals surface area (Å²) >= 11 is 23.7. The lowest BCUT2D eigenvalue weighted by Gasteiger charge is -2.33. The lowest BCUT2D eigenvalue weighted by molar-refractivity contribution is -0.137. The SMILES string of the molecule is FC(F)(F)c1ccc(N2CCC(Oc3c(Cl)cc(OCC=C(Cl)Cl)cc3Cl)CC2)nc1. The van der Waals surface area contributed by atoms with Gasteiger partial charge in [0.25, 0.3) is 0 Å². The molecule has 168 valence electrons. The highest BCUT2D eigenvalue weighted by Gasteiger charge is 2.31. The van der Waals surface area contributed by atoms with E-state index >= 15 is 0 Å². The maximum atomic E-state index is 12.7. The Balaban J connectivity index is 1.57. The molecule has 1 aliphatic heterocycles. The Hall–Kier alpha value is -1.54. The van der Waals surface area contributed by atoms with E-state index in [4.69, 9.17) is 55.9 Å². The molecule has 2 heterocycles. The first kappa shape index (κ1) is 24.1. The summed E-state index contributed by atoms with van der Waals surface area (Å²) in [6.45, 7) is 1.31. The van der Waals surface area contributed by atoms with Gasteiger partial charge >= 0.3 is 6.18 Å². The van der Waals surface area contributed by atoms with Gasteiger partial charge in [0, 0.05) is 44.3 Å². The number of nitrogens with zero attached hydrogens (tertiary/aromatic N) is 2. The smallest absolute Gasteiger partial charge is 0.417 e. The Morgan fingerprint density at radius 3 is 2.29 bits per heavy atom. The number of hydrogen-bond acceptors (Lipinski definition) is 4. The molecule has 0 atom stereocenters. The summed E-state index contributed by atoms with van der Waals surface area (Å²) < 4.78 is 49.6. The highest BCUT2D eigenvalue weighted by atomic mass is 35.5. The van der Waals surface area contributed by atoms with Crippen LogP contribution in [0.15, 0.2) is 41.0 Å². The minimum atomic E-state index is -4.40. The standard InChI is InChI=1S/C20H17Cl4F3N2O2/c21-15-9-14(30-8-5-17(23)24)10-16(22)19(15)31-13-3-6-29(7-4-13)18-2-1-12(11-28-18)20(25,26)27/h1-2,5,9-11,13H,3-4,6-8H2. The summed E-state index contributed by atoms with van der Waals surface area (Å²) in [5, 5.41) is 0.602. The van der Waals surface area contributed by atoms with Crippen molar-refractivity contribution in [3.8, 4) is 11.5 Å². The van der Waals surface area contributed by atoms with Crippen molar-refractivity contribution in [2.75, 3.05) is 24.6 Å². The van der Waals surface area contributed by atoms with E-state index in [0.717, 1.165) is 12.3 Å². The minimum absolute atomic E-state index is 0.0926. The number of halogens is 7. The van der Waals surface area contributed by atoms with E-state index in [2.05, 4.69) is 4.98 Å². The molecule has 1 aliphatic rings. The fourth-order valence-electron chi connectivity index (χ4n) is 3.04. The fourth-order valence-corrected chi connectivity index (χ4v) is 3.73. The average Bonchev–Trinajstić information content (AvgIpc) is 2.70. The summed E-state index contributed by atoms with van der Waals surface area (Å²) in [5.74, 6) is 1.29. The molecule has 2 aromatic rings. The van der Waals surface area contributed by atoms with Crippen LogP contribution in [0.5, 0.6) is 11.5 Å². The zero-order valence-electron chi connectivity index (χ0n) is 15.9. The number of anilines is 1. The number of ether oxygens (including phenoxy) is 2. The first-order valence-electron chi connectivity index (χ1n) is 9.21. The molecule has 11 heteroatoms. The maximum absolute atomic E-state index is 12.7. The molecule has 1 saturated heterocycles. The molecule has 3 rings (SSSR count). The Labute approximate surface area is 197 Å². The first-order valence-corrected chi connectivity index (χ1v) is 10.7. The molecular weight excluding hydrogens is 499 g/mol. The highest BCUT2D eigenvalue weighted by molar-refractivity contribution is 6.55. The van der Waals surface area contributed by atoms with Crippen LogP contribution >= 0.6 is 46.4 Å². The number of rotatable bonds is 6. The van der Waals surface area contributed by atoms with Gasteiger partial charge in [0.15, 0.2) is 5.75 Å². The van der Waals surface area contributed by atoms with Crippen LogP contribution in [0.3, 0.4) is 0 Å². The van der Waals surface area contributed by atoms with Gasteiger partial charge in [0.2, 0.25) is 0 Å². The molecule has 0 saturated carbocycles. The van der Waals surface area contributed by atoms with Gasteiger partial charge in [-0.2, -0.15) is 13.2 Å². The molecule has 0 radical (unpaired) electrons. The second-order valence-corrected chi connectivity index (χ2v) is 8.55. The minimum Gasteiger partial charge on any atom is -0.489 e. The molecule has 1 aromatic heterocycles. The molecular formula is C20H17Cl4F3N2O2. The normalized spacial score (nSPS) is 15.0. The molecule has 0 amide bonds. The van der Waals surface area contributed by atoms with Gasteiger partial charge in [0.1, 0.15) is 28.8 Å². The van der Waals surface area contributed by atoms with Crippen LogP contribution in [-0.4, -0.2) is 30.8 Å². The highest BCUT2D eigenvalue weighted by Crippen LogP contribution is 2.38. The van der Waals surface area contributed by atoms with E-state index in [1.165, 1.54) is 12.1 Å². The van der Waals surface area contributed by atoms with Gasteiger partial charge in [-0.3, -0.25) is 0 Å². The van der Waals surface area contributed by atoms with Gasteiger partial charge in [0.05, 0.1) is 15.6 Å². The summed E-state index contributed by atoms with van der Waals surface area (Å²) in [7, 11) is 0. The third-order valence-corrected chi connectivity index (χ3v) is 5.46. The van der Waals surface area contributed by atoms with Crippen LogP contribution in [0, 0.1) is 0 Å². The van der Waals surface area contributed by atoms with E-state index in [9.17, 15) is 13.2 Å². The van der Waals surface area contributed by atoms with Crippen LogP contribution < -0.4 is 14.4 Å². The summed E-state index contributed by atoms with van der Waals surface area (Å²) in [6.07, 6.45) is -0.962. The Kier molecular flexibility index (Phi) is 8.08. The lowest BCUT2D eigenvalue weighted by Crippen LogP contribution is -2.38. The fraction of sp³-hybridized carbons (Fsp3) is 0.350. The number of aromatic nitrogens is 1. The molecule has 1 fully saturated rings. The Bertz CT molecular complexity index is 904. The topological polar surface area (TPSA) is 34.6 Å². The molecule has 0 bridgehead atoms. The average molecular weight is 516 g/mol. The van der Waals surface area contributed by atoms with Crippen LogP contribution in [-0.2, 0) is 6.18 Å². The zero-order valence-corrected chi connectivity index (χ0v) is 19.0. The van der Waals surface area contributed by atoms with Gasteiger partial charge in [-0.05, 0) is 18.2 Å². The van der Waals surface area contributed by atoms with Gasteiger partial charge in [-0.1, -0.05) is 46.4 Å². The molecule has 0 unspecified atom stereocenters. The van der Waals surface area contributed by atoms with Crippen molar-refractivity contribution in [2.45, 2.75) is 25.1 Å². The summed E-state index contributed by atoms with van der Waals surface area (Å²) in [6, 6.07) is 5.58. The summed E-state index contributed by atoms with van der Waals surface area (Å²) in [4.78, 5) is 5.85. The van der Waals surface area contributed by atoms with Crippen LogP contribution in [0.2, 0.25) is 10.0 Å². The number of benzene rings is 1. The maximum Gasteiger partial charge on any atom is 0.417 e. The molecule has 31 heavy (non-hydrogen) atoms. The van der Waals surface area contributed by atoms with Crippen LogP contribution in [0.1, 0.15) is 18.4 Å². The van der Waals surface area contributed by atoms with E-state index in [0.29, 0.717) is 53.3 Å². The number of pyridine rings is 1. The van der Waals surface area contributed by atoms with Crippen molar-refractivity contribution in [1.29, 1.82) is 0 Å². The molecule has 4 nitrogen and oxygen atoms in total. The van der Waals surface area contributed by atoms with Crippen molar-refractivity contribution < 1.29 is 22.6 Å². The van der Waals surface area contributed by atoms with Gasteiger partial charge < -0.3 is 14.4 Å². The van der Waals surface area contributed by atoms with E-state index in [1.54, 1.807) is 12.1 Å². The van der Waals surface area contributed by atoms with E-state index in [-0.39, 0.29) is 17.2 Å². The van der Waals surface area contributed by atoms with Crippen molar-refractivity contribution >= 4 is 52.2 Å². The molecule has 0 N–H and O–H groups in total. The Morgan fingerprint density at radius 2 is 1.77 bits per heavy atom. The van der Waals surface area contributed by atoms with Crippen molar-refractivity contribution in [1.82, 2.24) is 4.98 Å². The predicted octanol–water partition coefficient (Wildman–Crippen LogP) is 7.15. The van der Waals surface area contributed by atoms with Crippen molar-refractivity contribution in [3.05, 3.63) is 56.6 Å². The quantitative estimate of drug-likeness (QED) is 0.409. The third-order valence-electron chi connectivity index (χ3n) is 4.59. The number of alkyl halides is 3.